The summed E-state index contributed by atoms with van der Waals surface area (Å²) in [5, 5.41) is 0. The summed E-state index contributed by atoms with van der Waals surface area (Å²) >= 11 is 0. The summed E-state index contributed by atoms with van der Waals surface area (Å²) in [7, 11) is -4.37. The Bertz CT molecular complexity index is 248. The second kappa shape index (κ2) is 3.19. The van der Waals surface area contributed by atoms with Gasteiger partial charge in [0.05, 0.1) is 6.26 Å². The van der Waals surface area contributed by atoms with E-state index in [9.17, 15) is 4.57 Å². The summed E-state index contributed by atoms with van der Waals surface area (Å²) in [6.45, 7) is -0.211. The Kier molecular flexibility index (Phi) is 2.46. The molecule has 0 aliphatic rings. The molecule has 0 aliphatic heterocycles. The highest BCUT2D eigenvalue weighted by Gasteiger charge is 2.14. The SMILES string of the molecule is O=P(O)(O)OCc1ccco1. The lowest BCUT2D eigenvalue weighted by atomic mass is 10.5. The van der Waals surface area contributed by atoms with E-state index in [0.29, 0.717) is 5.76 Å². The Morgan fingerprint density at radius 2 is 2.36 bits per heavy atom. The first-order chi connectivity index (χ1) is 5.08. The molecule has 11 heavy (non-hydrogen) atoms. The second-order valence-electron chi connectivity index (χ2n) is 1.84. The quantitative estimate of drug-likeness (QED) is 0.671. The highest BCUT2D eigenvalue weighted by atomic mass is 31.2. The van der Waals surface area contributed by atoms with Gasteiger partial charge in [-0.2, -0.15) is 0 Å². The lowest BCUT2D eigenvalue weighted by molar-refractivity contribution is 0.175. The largest absolute Gasteiger partial charge is 0.470 e. The lowest BCUT2D eigenvalue weighted by Crippen LogP contribution is -1.87. The number of rotatable bonds is 3. The number of phosphoric acid groups is 1. The van der Waals surface area contributed by atoms with Crippen LogP contribution in [-0.2, 0) is 15.7 Å². The fourth-order valence-electron chi connectivity index (χ4n) is 0.542. The molecular formula is C5H7O5P. The van der Waals surface area contributed by atoms with Crippen molar-refractivity contribution in [3.63, 3.8) is 0 Å². The molecule has 0 saturated carbocycles. The van der Waals surface area contributed by atoms with Gasteiger partial charge in [0.15, 0.2) is 0 Å². The Morgan fingerprint density at radius 1 is 1.64 bits per heavy atom. The van der Waals surface area contributed by atoms with Crippen LogP contribution in [0.2, 0.25) is 0 Å². The third-order valence-electron chi connectivity index (χ3n) is 0.955. The van der Waals surface area contributed by atoms with Crippen LogP contribution in [0.5, 0.6) is 0 Å². The van der Waals surface area contributed by atoms with E-state index in [4.69, 9.17) is 14.2 Å². The molecule has 2 N–H and O–H groups in total. The van der Waals surface area contributed by atoms with Gasteiger partial charge < -0.3 is 14.2 Å². The van der Waals surface area contributed by atoms with Crippen LogP contribution in [0.25, 0.3) is 0 Å². The maximum Gasteiger partial charge on any atom is 0.470 e. The fourth-order valence-corrected chi connectivity index (χ4v) is 0.838. The Labute approximate surface area is 62.8 Å². The number of hydrogen-bond acceptors (Lipinski definition) is 3. The van der Waals surface area contributed by atoms with Crippen molar-refractivity contribution in [2.24, 2.45) is 0 Å². The molecule has 0 bridgehead atoms. The summed E-state index contributed by atoms with van der Waals surface area (Å²) in [5.74, 6) is 0.383. The molecule has 1 aromatic rings. The van der Waals surface area contributed by atoms with Gasteiger partial charge in [-0.3, -0.25) is 4.52 Å². The predicted octanol–water partition coefficient (Wildman–Crippen LogP) is 0.889. The van der Waals surface area contributed by atoms with Crippen LogP contribution in [0.1, 0.15) is 5.76 Å². The van der Waals surface area contributed by atoms with E-state index >= 15 is 0 Å². The minimum atomic E-state index is -4.37. The Hall–Kier alpha value is -0.610. The standard InChI is InChI=1S/C5H7O5P/c6-11(7,8)10-4-5-2-1-3-9-5/h1-3H,4H2,(H2,6,7,8). The van der Waals surface area contributed by atoms with Crippen LogP contribution >= 0.6 is 7.82 Å². The van der Waals surface area contributed by atoms with Gasteiger partial charge in [0.2, 0.25) is 0 Å². The smallest absolute Gasteiger partial charge is 0.467 e. The molecule has 5 nitrogen and oxygen atoms in total. The van der Waals surface area contributed by atoms with Crippen molar-refractivity contribution in [3.05, 3.63) is 24.2 Å². The summed E-state index contributed by atoms with van der Waals surface area (Å²) in [5.41, 5.74) is 0. The topological polar surface area (TPSA) is 79.9 Å². The number of hydrogen-bond donors (Lipinski definition) is 2. The summed E-state index contributed by atoms with van der Waals surface area (Å²) < 4.78 is 19.1. The molecule has 0 fully saturated rings. The molecule has 1 heterocycles. The van der Waals surface area contributed by atoms with Crippen molar-refractivity contribution in [2.75, 3.05) is 0 Å². The van der Waals surface area contributed by atoms with E-state index in [1.165, 1.54) is 6.26 Å². The molecule has 0 amide bonds. The minimum absolute atomic E-state index is 0.211. The number of furan rings is 1. The van der Waals surface area contributed by atoms with E-state index in [0.717, 1.165) is 0 Å². The van der Waals surface area contributed by atoms with E-state index in [-0.39, 0.29) is 6.61 Å². The molecule has 0 unspecified atom stereocenters. The van der Waals surface area contributed by atoms with Crippen LogP contribution < -0.4 is 0 Å². The van der Waals surface area contributed by atoms with E-state index in [2.05, 4.69) is 4.52 Å². The first-order valence-corrected chi connectivity index (χ1v) is 4.33. The van der Waals surface area contributed by atoms with Crippen molar-refractivity contribution in [1.29, 1.82) is 0 Å². The molecule has 62 valence electrons. The Morgan fingerprint density at radius 3 is 2.82 bits per heavy atom. The molecule has 6 heteroatoms. The van der Waals surface area contributed by atoms with Gasteiger partial charge >= 0.3 is 7.82 Å². The van der Waals surface area contributed by atoms with E-state index < -0.39 is 7.82 Å². The van der Waals surface area contributed by atoms with Gasteiger partial charge in [0, 0.05) is 0 Å². The zero-order valence-electron chi connectivity index (χ0n) is 5.51. The Balaban J connectivity index is 2.41. The molecule has 0 atom stereocenters. The molecule has 0 spiro atoms. The third kappa shape index (κ3) is 3.34. The molecule has 1 rings (SSSR count). The summed E-state index contributed by atoms with van der Waals surface area (Å²) in [4.78, 5) is 16.5. The average Bonchev–Trinajstić information content (AvgIpc) is 2.32. The van der Waals surface area contributed by atoms with E-state index in [1.807, 2.05) is 0 Å². The van der Waals surface area contributed by atoms with Crippen LogP contribution in [0.15, 0.2) is 22.8 Å². The van der Waals surface area contributed by atoms with Gasteiger partial charge in [0.1, 0.15) is 12.4 Å². The summed E-state index contributed by atoms with van der Waals surface area (Å²) in [6, 6.07) is 3.17. The molecular weight excluding hydrogens is 171 g/mol. The van der Waals surface area contributed by atoms with Crippen molar-refractivity contribution < 1.29 is 23.3 Å². The maximum absolute atomic E-state index is 10.2. The zero-order chi connectivity index (χ0) is 8.32. The maximum atomic E-state index is 10.2. The van der Waals surface area contributed by atoms with Gasteiger partial charge in [-0.1, -0.05) is 0 Å². The predicted molar refractivity (Wildman–Crippen MR) is 35.5 cm³/mol. The normalized spacial score (nSPS) is 11.8. The highest BCUT2D eigenvalue weighted by molar-refractivity contribution is 7.46. The fraction of sp³-hybridized carbons (Fsp3) is 0.200. The molecule has 0 aliphatic carbocycles. The van der Waals surface area contributed by atoms with Crippen molar-refractivity contribution >= 4 is 7.82 Å². The first-order valence-electron chi connectivity index (χ1n) is 2.80. The van der Waals surface area contributed by atoms with Gasteiger partial charge in [-0.15, -0.1) is 0 Å². The lowest BCUT2D eigenvalue weighted by Gasteiger charge is -2.01. The zero-order valence-corrected chi connectivity index (χ0v) is 6.40. The molecule has 1 aromatic heterocycles. The second-order valence-corrected chi connectivity index (χ2v) is 3.08. The monoisotopic (exact) mass is 178 g/mol. The summed E-state index contributed by atoms with van der Waals surface area (Å²) in [6.07, 6.45) is 1.40. The molecule has 0 aromatic carbocycles. The van der Waals surface area contributed by atoms with E-state index in [1.54, 1.807) is 12.1 Å². The first kappa shape index (κ1) is 8.49. The van der Waals surface area contributed by atoms with Gasteiger partial charge in [-0.05, 0) is 12.1 Å². The van der Waals surface area contributed by atoms with Crippen molar-refractivity contribution in [3.8, 4) is 0 Å². The van der Waals surface area contributed by atoms with Crippen LogP contribution in [0.3, 0.4) is 0 Å². The van der Waals surface area contributed by atoms with Crippen molar-refractivity contribution in [2.45, 2.75) is 6.61 Å². The van der Waals surface area contributed by atoms with Crippen LogP contribution in [0.4, 0.5) is 0 Å². The molecule has 0 radical (unpaired) electrons. The van der Waals surface area contributed by atoms with Crippen molar-refractivity contribution in [1.82, 2.24) is 0 Å². The van der Waals surface area contributed by atoms with Gasteiger partial charge in [0.25, 0.3) is 0 Å². The van der Waals surface area contributed by atoms with Crippen LogP contribution in [-0.4, -0.2) is 9.79 Å². The molecule has 0 saturated heterocycles. The highest BCUT2D eigenvalue weighted by Crippen LogP contribution is 2.36. The van der Waals surface area contributed by atoms with Crippen LogP contribution in [0, 0.1) is 0 Å². The minimum Gasteiger partial charge on any atom is -0.467 e. The average molecular weight is 178 g/mol. The third-order valence-corrected chi connectivity index (χ3v) is 1.42. The number of phosphoric ester groups is 1. The van der Waals surface area contributed by atoms with Gasteiger partial charge in [-0.25, -0.2) is 4.57 Å².